The molecule has 0 heterocycles. The Balaban J connectivity index is 2.43. The van der Waals surface area contributed by atoms with Gasteiger partial charge in [-0.25, -0.2) is 0 Å². The number of carbonyl (C=O) groups is 1. The monoisotopic (exact) mass is 267 g/mol. The van der Waals surface area contributed by atoms with Crippen LogP contribution >= 0.6 is 11.6 Å². The summed E-state index contributed by atoms with van der Waals surface area (Å²) in [5.41, 5.74) is 8.18. The Bertz CT molecular complexity index is 473. The normalized spacial score (nSPS) is 23.6. The van der Waals surface area contributed by atoms with Crippen molar-refractivity contribution in [3.63, 3.8) is 0 Å². The highest BCUT2D eigenvalue weighted by Crippen LogP contribution is 2.44. The highest BCUT2D eigenvalue weighted by molar-refractivity contribution is 6.30. The van der Waals surface area contributed by atoms with Gasteiger partial charge >= 0.3 is 5.97 Å². The van der Waals surface area contributed by atoms with Gasteiger partial charge in [-0.2, -0.15) is 0 Å². The molecule has 0 spiro atoms. The van der Waals surface area contributed by atoms with Gasteiger partial charge in [0.25, 0.3) is 0 Å². The topological polar surface area (TPSA) is 52.3 Å². The zero-order valence-corrected chi connectivity index (χ0v) is 11.5. The van der Waals surface area contributed by atoms with Gasteiger partial charge < -0.3 is 10.5 Å². The van der Waals surface area contributed by atoms with Crippen molar-refractivity contribution in [3.8, 4) is 0 Å². The van der Waals surface area contributed by atoms with Crippen molar-refractivity contribution in [2.45, 2.75) is 37.6 Å². The van der Waals surface area contributed by atoms with E-state index in [-0.39, 0.29) is 17.4 Å². The molecule has 2 N–H and O–H groups in total. The molecule has 0 radical (unpaired) electrons. The molecular formula is C14H18ClNO2. The summed E-state index contributed by atoms with van der Waals surface area (Å²) in [5.74, 6) is -0.213. The molecule has 2 atom stereocenters. The van der Waals surface area contributed by atoms with E-state index in [0.29, 0.717) is 6.42 Å². The molecule has 0 aromatic heterocycles. The average Bonchev–Trinajstić information content (AvgIpc) is 2.68. The zero-order chi connectivity index (χ0) is 13.3. The zero-order valence-electron chi connectivity index (χ0n) is 10.7. The summed E-state index contributed by atoms with van der Waals surface area (Å²) in [6.07, 6.45) is 2.11. The van der Waals surface area contributed by atoms with Crippen molar-refractivity contribution >= 4 is 17.6 Å². The first-order valence-electron chi connectivity index (χ1n) is 6.11. The molecule has 98 valence electrons. The molecule has 1 aliphatic carbocycles. The molecule has 2 unspecified atom stereocenters. The van der Waals surface area contributed by atoms with E-state index in [1.54, 1.807) is 0 Å². The van der Waals surface area contributed by atoms with Gasteiger partial charge in [-0.1, -0.05) is 17.7 Å². The van der Waals surface area contributed by atoms with Gasteiger partial charge in [-0.15, -0.1) is 0 Å². The second kappa shape index (κ2) is 4.90. The Morgan fingerprint density at radius 2 is 2.33 bits per heavy atom. The largest absolute Gasteiger partial charge is 0.469 e. The molecule has 1 aliphatic rings. The molecule has 3 nitrogen and oxygen atoms in total. The van der Waals surface area contributed by atoms with Crippen molar-refractivity contribution in [2.75, 3.05) is 7.11 Å². The molecule has 0 amide bonds. The van der Waals surface area contributed by atoms with Crippen LogP contribution in [-0.2, 0) is 21.4 Å². The van der Waals surface area contributed by atoms with Crippen LogP contribution in [0.4, 0.5) is 0 Å². The Kier molecular flexibility index (Phi) is 3.64. The van der Waals surface area contributed by atoms with E-state index in [2.05, 4.69) is 0 Å². The van der Waals surface area contributed by atoms with Crippen LogP contribution in [0, 0.1) is 0 Å². The predicted octanol–water partition coefficient (Wildman–Crippen LogP) is 2.43. The number of rotatable bonds is 3. The number of methoxy groups -OCH3 is 1. The van der Waals surface area contributed by atoms with E-state index >= 15 is 0 Å². The minimum Gasteiger partial charge on any atom is -0.469 e. The molecule has 0 bridgehead atoms. The molecule has 4 heteroatoms. The summed E-state index contributed by atoms with van der Waals surface area (Å²) in [4.78, 5) is 11.7. The fourth-order valence-corrected chi connectivity index (χ4v) is 3.09. The van der Waals surface area contributed by atoms with E-state index in [1.165, 1.54) is 12.7 Å². The summed E-state index contributed by atoms with van der Waals surface area (Å²) >= 11 is 6.01. The van der Waals surface area contributed by atoms with Gasteiger partial charge in [-0.05, 0) is 43.0 Å². The van der Waals surface area contributed by atoms with E-state index in [0.717, 1.165) is 23.4 Å². The number of aryl methyl sites for hydroxylation is 1. The molecule has 1 aromatic carbocycles. The third kappa shape index (κ3) is 2.13. The van der Waals surface area contributed by atoms with Crippen LogP contribution in [0.5, 0.6) is 0 Å². The van der Waals surface area contributed by atoms with Crippen molar-refractivity contribution in [1.82, 2.24) is 0 Å². The summed E-state index contributed by atoms with van der Waals surface area (Å²) < 4.78 is 4.81. The maximum atomic E-state index is 11.7. The number of halogens is 1. The number of fused-ring (bicyclic) bond motifs is 1. The first kappa shape index (κ1) is 13.4. The number of hydrogen-bond acceptors (Lipinski definition) is 3. The Labute approximate surface area is 112 Å². The minimum absolute atomic E-state index is 0.0981. The van der Waals surface area contributed by atoms with Crippen LogP contribution in [0.15, 0.2) is 18.2 Å². The fourth-order valence-electron chi connectivity index (χ4n) is 2.89. The summed E-state index contributed by atoms with van der Waals surface area (Å²) in [7, 11) is 1.41. The third-order valence-electron chi connectivity index (χ3n) is 4.00. The van der Waals surface area contributed by atoms with Crippen LogP contribution in [0.3, 0.4) is 0 Å². The minimum atomic E-state index is -0.312. The molecule has 0 aliphatic heterocycles. The average molecular weight is 268 g/mol. The quantitative estimate of drug-likeness (QED) is 0.856. The standard InChI is InChI=1S/C14H18ClNO2/c1-9(16)14(8-13(17)18-2)6-5-10-7-11(15)3-4-12(10)14/h3-4,7,9H,5-6,8,16H2,1-2H3. The lowest BCUT2D eigenvalue weighted by molar-refractivity contribution is -0.142. The van der Waals surface area contributed by atoms with Crippen molar-refractivity contribution in [1.29, 1.82) is 0 Å². The SMILES string of the molecule is COC(=O)CC1(C(C)N)CCc2cc(Cl)ccc21. The van der Waals surface area contributed by atoms with E-state index in [1.807, 2.05) is 25.1 Å². The highest BCUT2D eigenvalue weighted by atomic mass is 35.5. The first-order chi connectivity index (χ1) is 8.49. The maximum Gasteiger partial charge on any atom is 0.306 e. The molecule has 2 rings (SSSR count). The molecule has 1 aromatic rings. The highest BCUT2D eigenvalue weighted by Gasteiger charge is 2.43. The molecular weight excluding hydrogens is 250 g/mol. The van der Waals surface area contributed by atoms with Crippen molar-refractivity contribution in [3.05, 3.63) is 34.3 Å². The van der Waals surface area contributed by atoms with Crippen molar-refractivity contribution < 1.29 is 9.53 Å². The predicted molar refractivity (Wildman–Crippen MR) is 71.7 cm³/mol. The number of esters is 1. The van der Waals surface area contributed by atoms with Gasteiger partial charge in [-0.3, -0.25) is 4.79 Å². The lowest BCUT2D eigenvalue weighted by atomic mass is 9.73. The fraction of sp³-hybridized carbons (Fsp3) is 0.500. The summed E-state index contributed by atoms with van der Waals surface area (Å²) in [6, 6.07) is 5.73. The lowest BCUT2D eigenvalue weighted by Crippen LogP contribution is -2.43. The number of hydrogen-bond donors (Lipinski definition) is 1. The third-order valence-corrected chi connectivity index (χ3v) is 4.24. The Morgan fingerprint density at radius 1 is 1.61 bits per heavy atom. The van der Waals surface area contributed by atoms with Gasteiger partial charge in [0.15, 0.2) is 0 Å². The summed E-state index contributed by atoms with van der Waals surface area (Å²) in [5, 5.41) is 0.729. The van der Waals surface area contributed by atoms with Gasteiger partial charge in [0, 0.05) is 16.5 Å². The van der Waals surface area contributed by atoms with Crippen LogP contribution in [0.1, 0.15) is 30.9 Å². The van der Waals surface area contributed by atoms with Crippen LogP contribution in [-0.4, -0.2) is 19.1 Å². The molecule has 18 heavy (non-hydrogen) atoms. The second-order valence-corrected chi connectivity index (χ2v) is 5.44. The van der Waals surface area contributed by atoms with Crippen LogP contribution in [0.2, 0.25) is 5.02 Å². The van der Waals surface area contributed by atoms with Gasteiger partial charge in [0.2, 0.25) is 0 Å². The molecule has 0 saturated heterocycles. The molecule has 0 fully saturated rings. The maximum absolute atomic E-state index is 11.7. The lowest BCUT2D eigenvalue weighted by Gasteiger charge is -2.33. The molecule has 0 saturated carbocycles. The Hall–Kier alpha value is -1.06. The number of nitrogens with two attached hydrogens (primary N) is 1. The number of benzene rings is 1. The number of carbonyl (C=O) groups excluding carboxylic acids is 1. The van der Waals surface area contributed by atoms with Crippen LogP contribution < -0.4 is 5.73 Å². The van der Waals surface area contributed by atoms with E-state index < -0.39 is 0 Å². The summed E-state index contributed by atoms with van der Waals surface area (Å²) in [6.45, 7) is 1.95. The number of ether oxygens (including phenoxy) is 1. The van der Waals surface area contributed by atoms with Gasteiger partial charge in [0.1, 0.15) is 0 Å². The van der Waals surface area contributed by atoms with Crippen molar-refractivity contribution in [2.24, 2.45) is 5.73 Å². The van der Waals surface area contributed by atoms with E-state index in [4.69, 9.17) is 22.1 Å². The Morgan fingerprint density at radius 3 is 2.94 bits per heavy atom. The van der Waals surface area contributed by atoms with Crippen LogP contribution in [0.25, 0.3) is 0 Å². The second-order valence-electron chi connectivity index (χ2n) is 5.00. The van der Waals surface area contributed by atoms with Gasteiger partial charge in [0.05, 0.1) is 13.5 Å². The smallest absolute Gasteiger partial charge is 0.306 e. The van der Waals surface area contributed by atoms with E-state index in [9.17, 15) is 4.79 Å². The first-order valence-corrected chi connectivity index (χ1v) is 6.49.